The van der Waals surface area contributed by atoms with Crippen molar-refractivity contribution in [3.05, 3.63) is 118 Å². The third-order valence-corrected chi connectivity index (χ3v) is 9.19. The van der Waals surface area contributed by atoms with Crippen LogP contribution in [0, 0.1) is 6.92 Å². The van der Waals surface area contributed by atoms with E-state index in [1.807, 2.05) is 61.5 Å². The minimum atomic E-state index is -3.75. The summed E-state index contributed by atoms with van der Waals surface area (Å²) in [7, 11) is -2.24. The minimum Gasteiger partial charge on any atom is -0.308 e. The fourth-order valence-electron chi connectivity index (χ4n) is 4.92. The summed E-state index contributed by atoms with van der Waals surface area (Å²) in [6.07, 6.45) is 2.72. The largest absolute Gasteiger partial charge is 0.308 e. The Balaban J connectivity index is 1.43. The van der Waals surface area contributed by atoms with Gasteiger partial charge in [-0.1, -0.05) is 85.6 Å². The standard InChI is InChI=1S/C32H34N6O3S/c1-4-5-8-27-18-17-26(22-37(3)42(40,41)28-19-11-23(2)12-20-28)32(39)38(27)21-24-13-15-25(16-14-24)29-9-6-7-10-30(29)31-33-35-36-34-31/h6-7,9-20H,4-5,8,21-22H2,1-3H3,(H,33,34,35,36). The van der Waals surface area contributed by atoms with Crippen molar-refractivity contribution in [3.63, 3.8) is 0 Å². The van der Waals surface area contributed by atoms with Crippen LogP contribution < -0.4 is 5.56 Å². The monoisotopic (exact) mass is 582 g/mol. The SMILES string of the molecule is CCCCc1ccc(CN(C)S(=O)(=O)c2ccc(C)cc2)c(=O)n1Cc1ccc(-c2ccccc2-c2nn[nH]n2)cc1. The van der Waals surface area contributed by atoms with E-state index in [2.05, 4.69) is 27.5 Å². The molecule has 0 amide bonds. The van der Waals surface area contributed by atoms with Crippen LogP contribution in [0.1, 0.15) is 42.1 Å². The number of tetrazole rings is 1. The van der Waals surface area contributed by atoms with Crippen LogP contribution in [0.3, 0.4) is 0 Å². The number of hydrogen-bond acceptors (Lipinski definition) is 6. The van der Waals surface area contributed by atoms with Crippen molar-refractivity contribution in [3.8, 4) is 22.5 Å². The Kier molecular flexibility index (Phi) is 8.75. The molecular formula is C32H34N6O3S. The van der Waals surface area contributed by atoms with Crippen LogP contribution in [0.25, 0.3) is 22.5 Å². The third kappa shape index (κ3) is 6.24. The number of hydrogen-bond donors (Lipinski definition) is 1. The summed E-state index contributed by atoms with van der Waals surface area (Å²) in [6.45, 7) is 4.39. The predicted octanol–water partition coefficient (Wildman–Crippen LogP) is 5.22. The molecule has 5 rings (SSSR count). The Labute approximate surface area is 245 Å². The van der Waals surface area contributed by atoms with Gasteiger partial charge in [-0.2, -0.15) is 9.52 Å². The van der Waals surface area contributed by atoms with Gasteiger partial charge in [-0.25, -0.2) is 8.42 Å². The Morgan fingerprint density at radius 3 is 2.29 bits per heavy atom. The van der Waals surface area contributed by atoms with Gasteiger partial charge in [0.05, 0.1) is 11.4 Å². The molecule has 0 spiro atoms. The second-order valence-corrected chi connectivity index (χ2v) is 12.4. The molecule has 10 heteroatoms. The first-order chi connectivity index (χ1) is 20.3. The molecule has 5 aromatic rings. The number of nitrogens with zero attached hydrogens (tertiary/aromatic N) is 5. The summed E-state index contributed by atoms with van der Waals surface area (Å²) in [5.41, 5.74) is 5.97. The first-order valence-corrected chi connectivity index (χ1v) is 15.4. The second kappa shape index (κ2) is 12.6. The van der Waals surface area contributed by atoms with Gasteiger partial charge in [-0.3, -0.25) is 4.79 Å². The van der Waals surface area contributed by atoms with Gasteiger partial charge in [0, 0.05) is 30.4 Å². The lowest BCUT2D eigenvalue weighted by molar-refractivity contribution is 0.463. The van der Waals surface area contributed by atoms with Crippen LogP contribution in [-0.2, 0) is 29.5 Å². The van der Waals surface area contributed by atoms with Crippen molar-refractivity contribution in [2.45, 2.75) is 51.1 Å². The summed E-state index contributed by atoms with van der Waals surface area (Å²) in [5, 5.41) is 14.4. The molecule has 0 radical (unpaired) electrons. The van der Waals surface area contributed by atoms with Gasteiger partial charge in [-0.15, -0.1) is 10.2 Å². The zero-order valence-corrected chi connectivity index (χ0v) is 24.8. The molecule has 9 nitrogen and oxygen atoms in total. The first-order valence-electron chi connectivity index (χ1n) is 13.9. The maximum Gasteiger partial charge on any atom is 0.255 e. The van der Waals surface area contributed by atoms with E-state index in [4.69, 9.17) is 0 Å². The number of H-pyrrole nitrogens is 1. The van der Waals surface area contributed by atoms with Gasteiger partial charge in [0.1, 0.15) is 0 Å². The number of rotatable bonds is 11. The molecule has 0 aliphatic heterocycles. The highest BCUT2D eigenvalue weighted by Crippen LogP contribution is 2.30. The van der Waals surface area contributed by atoms with Gasteiger partial charge < -0.3 is 4.57 Å². The smallest absolute Gasteiger partial charge is 0.255 e. The molecule has 0 saturated carbocycles. The van der Waals surface area contributed by atoms with Crippen molar-refractivity contribution in [2.24, 2.45) is 0 Å². The minimum absolute atomic E-state index is 0.0189. The number of nitrogens with one attached hydrogen (secondary N) is 1. The quantitative estimate of drug-likeness (QED) is 0.229. The van der Waals surface area contributed by atoms with Crippen LogP contribution in [0.5, 0.6) is 0 Å². The normalized spacial score (nSPS) is 11.7. The van der Waals surface area contributed by atoms with Crippen LogP contribution in [0.15, 0.2) is 94.6 Å². The van der Waals surface area contributed by atoms with Crippen molar-refractivity contribution in [1.82, 2.24) is 29.5 Å². The van der Waals surface area contributed by atoms with E-state index in [0.29, 0.717) is 17.9 Å². The average molecular weight is 583 g/mol. The van der Waals surface area contributed by atoms with E-state index in [0.717, 1.165) is 52.8 Å². The van der Waals surface area contributed by atoms with Crippen LogP contribution >= 0.6 is 0 Å². The second-order valence-electron chi connectivity index (χ2n) is 10.4. The number of benzene rings is 3. The number of unbranched alkanes of at least 4 members (excludes halogenated alkanes) is 1. The highest BCUT2D eigenvalue weighted by atomic mass is 32.2. The zero-order valence-electron chi connectivity index (χ0n) is 24.0. The third-order valence-electron chi connectivity index (χ3n) is 7.37. The van der Waals surface area contributed by atoms with Gasteiger partial charge in [0.2, 0.25) is 15.8 Å². The zero-order chi connectivity index (χ0) is 29.7. The van der Waals surface area contributed by atoms with Crippen molar-refractivity contribution in [1.29, 1.82) is 0 Å². The molecule has 0 unspecified atom stereocenters. The number of aryl methyl sites for hydroxylation is 2. The Morgan fingerprint density at radius 1 is 0.905 bits per heavy atom. The molecule has 0 bridgehead atoms. The molecule has 0 aliphatic rings. The van der Waals surface area contributed by atoms with E-state index < -0.39 is 10.0 Å². The summed E-state index contributed by atoms with van der Waals surface area (Å²) >= 11 is 0. The highest BCUT2D eigenvalue weighted by molar-refractivity contribution is 7.89. The Hall–Kier alpha value is -4.41. The van der Waals surface area contributed by atoms with Crippen LogP contribution in [-0.4, -0.2) is 45.0 Å². The molecule has 0 saturated heterocycles. The predicted molar refractivity (Wildman–Crippen MR) is 163 cm³/mol. The lowest BCUT2D eigenvalue weighted by Crippen LogP contribution is -2.33. The molecule has 1 N–H and O–H groups in total. The fourth-order valence-corrected chi connectivity index (χ4v) is 6.07. The van der Waals surface area contributed by atoms with Crippen LogP contribution in [0.4, 0.5) is 0 Å². The molecule has 216 valence electrons. The van der Waals surface area contributed by atoms with Crippen molar-refractivity contribution < 1.29 is 8.42 Å². The molecule has 2 aromatic heterocycles. The van der Waals surface area contributed by atoms with Gasteiger partial charge in [0.15, 0.2) is 0 Å². The molecule has 2 heterocycles. The van der Waals surface area contributed by atoms with Gasteiger partial charge in [0.25, 0.3) is 5.56 Å². The maximum absolute atomic E-state index is 13.8. The lowest BCUT2D eigenvalue weighted by Gasteiger charge is -2.19. The summed E-state index contributed by atoms with van der Waals surface area (Å²) in [6, 6.07) is 26.4. The number of sulfonamides is 1. The number of aromatic nitrogens is 5. The van der Waals surface area contributed by atoms with Gasteiger partial charge >= 0.3 is 0 Å². The Morgan fingerprint density at radius 2 is 1.62 bits per heavy atom. The lowest BCUT2D eigenvalue weighted by atomic mass is 9.98. The fraction of sp³-hybridized carbons (Fsp3) is 0.250. The molecule has 3 aromatic carbocycles. The van der Waals surface area contributed by atoms with Crippen molar-refractivity contribution >= 4 is 10.0 Å². The topological polar surface area (TPSA) is 114 Å². The molecular weight excluding hydrogens is 548 g/mol. The molecule has 0 atom stereocenters. The van der Waals surface area contributed by atoms with Gasteiger partial charge in [-0.05, 0) is 59.9 Å². The Bertz CT molecular complexity index is 1810. The molecule has 0 fully saturated rings. The maximum atomic E-state index is 13.8. The summed E-state index contributed by atoms with van der Waals surface area (Å²) in [4.78, 5) is 14.0. The number of aromatic amines is 1. The van der Waals surface area contributed by atoms with E-state index in [1.54, 1.807) is 34.9 Å². The number of pyridine rings is 1. The van der Waals surface area contributed by atoms with E-state index in [-0.39, 0.29) is 17.0 Å². The van der Waals surface area contributed by atoms with E-state index in [9.17, 15) is 13.2 Å². The molecule has 42 heavy (non-hydrogen) atoms. The van der Waals surface area contributed by atoms with Crippen molar-refractivity contribution in [2.75, 3.05) is 7.05 Å². The summed E-state index contributed by atoms with van der Waals surface area (Å²) < 4.78 is 29.4. The molecule has 0 aliphatic carbocycles. The average Bonchev–Trinajstić information content (AvgIpc) is 3.54. The van der Waals surface area contributed by atoms with E-state index >= 15 is 0 Å². The van der Waals surface area contributed by atoms with E-state index in [1.165, 1.54) is 11.4 Å². The summed E-state index contributed by atoms with van der Waals surface area (Å²) in [5.74, 6) is 0.521. The van der Waals surface area contributed by atoms with Crippen LogP contribution in [0.2, 0.25) is 0 Å². The first kappa shape index (κ1) is 29.1. The highest BCUT2D eigenvalue weighted by Gasteiger charge is 2.22.